The number of anilines is 1. The molecule has 0 spiro atoms. The van der Waals surface area contributed by atoms with Crippen LogP contribution in [-0.2, 0) is 4.79 Å². The van der Waals surface area contributed by atoms with Gasteiger partial charge in [0, 0.05) is 31.9 Å². The molecule has 0 aliphatic carbocycles. The molecule has 1 aromatic heterocycles. The van der Waals surface area contributed by atoms with E-state index in [2.05, 4.69) is 25.1 Å². The van der Waals surface area contributed by atoms with Crippen LogP contribution in [0.4, 0.5) is 14.5 Å². The van der Waals surface area contributed by atoms with E-state index >= 15 is 0 Å². The number of hydrogen-bond donors (Lipinski definition) is 3. The zero-order chi connectivity index (χ0) is 25.2. The van der Waals surface area contributed by atoms with E-state index < -0.39 is 0 Å². The number of aromatic amines is 2. The Hall–Kier alpha value is -3.82. The number of rotatable bonds is 6. The summed E-state index contributed by atoms with van der Waals surface area (Å²) in [6.07, 6.45) is 0. The van der Waals surface area contributed by atoms with E-state index in [1.807, 2.05) is 6.92 Å². The van der Waals surface area contributed by atoms with E-state index in [1.165, 1.54) is 24.3 Å². The highest BCUT2D eigenvalue weighted by atomic mass is 19.1. The van der Waals surface area contributed by atoms with Crippen LogP contribution in [0.15, 0.2) is 71.5 Å². The van der Waals surface area contributed by atoms with Gasteiger partial charge in [0.2, 0.25) is 5.91 Å². The molecule has 2 heterocycles. The Balaban J connectivity index is 1.26. The van der Waals surface area contributed by atoms with Gasteiger partial charge in [-0.3, -0.25) is 14.6 Å². The highest BCUT2D eigenvalue weighted by Gasteiger charge is 2.30. The second kappa shape index (κ2) is 10.0. The summed E-state index contributed by atoms with van der Waals surface area (Å²) in [5.41, 5.74) is 3.49. The molecule has 36 heavy (non-hydrogen) atoms. The van der Waals surface area contributed by atoms with Crippen LogP contribution in [0.2, 0.25) is 0 Å². The van der Waals surface area contributed by atoms with Crippen LogP contribution in [-0.4, -0.2) is 57.9 Å². The summed E-state index contributed by atoms with van der Waals surface area (Å²) in [4.78, 5) is 34.2. The zero-order valence-electron chi connectivity index (χ0n) is 19.8. The van der Waals surface area contributed by atoms with E-state index in [4.69, 9.17) is 0 Å². The number of amides is 1. The third kappa shape index (κ3) is 5.07. The minimum Gasteiger partial charge on any atom is -0.325 e. The fourth-order valence-corrected chi connectivity index (χ4v) is 4.81. The standard InChI is InChI=1S/C27H27F2N5O2/c1-17(26(35)30-22-10-11-23-24(16-22)32-27(36)31-23)33-12-14-34(15-13-33)25(18-2-6-20(28)7-3-18)19-4-8-21(29)9-5-19/h2-11,16-17,25H,12-15H2,1H3,(H,30,35)(H2,31,32,36)/t17-/m1/s1. The summed E-state index contributed by atoms with van der Waals surface area (Å²) in [5, 5.41) is 2.94. The van der Waals surface area contributed by atoms with Crippen molar-refractivity contribution in [2.45, 2.75) is 19.0 Å². The highest BCUT2D eigenvalue weighted by Crippen LogP contribution is 2.30. The molecule has 1 fully saturated rings. The van der Waals surface area contributed by atoms with Crippen LogP contribution in [0.3, 0.4) is 0 Å². The maximum Gasteiger partial charge on any atom is 0.323 e. The summed E-state index contributed by atoms with van der Waals surface area (Å²) in [7, 11) is 0. The van der Waals surface area contributed by atoms with Crippen LogP contribution >= 0.6 is 0 Å². The molecule has 0 unspecified atom stereocenters. The second-order valence-corrected chi connectivity index (χ2v) is 9.08. The number of aromatic nitrogens is 2. The minimum atomic E-state index is -0.358. The monoisotopic (exact) mass is 491 g/mol. The number of halogens is 2. The van der Waals surface area contributed by atoms with E-state index in [0.717, 1.165) is 11.1 Å². The van der Waals surface area contributed by atoms with Crippen molar-refractivity contribution in [2.75, 3.05) is 31.5 Å². The summed E-state index contributed by atoms with van der Waals surface area (Å²) in [6.45, 7) is 4.58. The van der Waals surface area contributed by atoms with Gasteiger partial charge in [-0.2, -0.15) is 0 Å². The summed E-state index contributed by atoms with van der Waals surface area (Å²) in [6, 6.07) is 17.5. The SMILES string of the molecule is C[C@H](C(=O)Nc1ccc2[nH]c(=O)[nH]c2c1)N1CCN(C(c2ccc(F)cc2)c2ccc(F)cc2)CC1. The van der Waals surface area contributed by atoms with Gasteiger partial charge >= 0.3 is 5.69 Å². The van der Waals surface area contributed by atoms with Gasteiger partial charge in [0.1, 0.15) is 11.6 Å². The molecule has 9 heteroatoms. The number of nitrogens with one attached hydrogen (secondary N) is 3. The third-order valence-corrected chi connectivity index (χ3v) is 6.80. The van der Waals surface area contributed by atoms with Crippen molar-refractivity contribution in [1.29, 1.82) is 0 Å². The Morgan fingerprint density at radius 3 is 1.92 bits per heavy atom. The van der Waals surface area contributed by atoms with Gasteiger partial charge in [-0.1, -0.05) is 24.3 Å². The molecule has 1 atom stereocenters. The van der Waals surface area contributed by atoms with Crippen LogP contribution in [0.1, 0.15) is 24.1 Å². The van der Waals surface area contributed by atoms with E-state index in [9.17, 15) is 18.4 Å². The maximum absolute atomic E-state index is 13.6. The maximum atomic E-state index is 13.6. The topological polar surface area (TPSA) is 84.2 Å². The molecule has 7 nitrogen and oxygen atoms in total. The zero-order valence-corrected chi connectivity index (χ0v) is 19.8. The first-order valence-electron chi connectivity index (χ1n) is 11.9. The van der Waals surface area contributed by atoms with E-state index in [1.54, 1.807) is 42.5 Å². The molecule has 0 radical (unpaired) electrons. The summed E-state index contributed by atoms with van der Waals surface area (Å²) >= 11 is 0. The molecule has 186 valence electrons. The first-order chi connectivity index (χ1) is 17.4. The predicted octanol–water partition coefficient (Wildman–Crippen LogP) is 3.87. The number of carbonyl (C=O) groups excluding carboxylic acids is 1. The fraction of sp³-hybridized carbons (Fsp3) is 0.259. The molecule has 0 saturated carbocycles. The first kappa shape index (κ1) is 23.9. The molecule has 3 aromatic carbocycles. The Bertz CT molecular complexity index is 1360. The Labute approximate surface area is 206 Å². The number of benzene rings is 3. The normalized spacial score (nSPS) is 15.9. The smallest absolute Gasteiger partial charge is 0.323 e. The van der Waals surface area contributed by atoms with Gasteiger partial charge in [0.05, 0.1) is 23.1 Å². The average molecular weight is 492 g/mol. The van der Waals surface area contributed by atoms with Crippen LogP contribution < -0.4 is 11.0 Å². The second-order valence-electron chi connectivity index (χ2n) is 9.08. The third-order valence-electron chi connectivity index (χ3n) is 6.80. The molecule has 5 rings (SSSR count). The summed E-state index contributed by atoms with van der Waals surface area (Å²) in [5.74, 6) is -0.735. The lowest BCUT2D eigenvalue weighted by molar-refractivity contribution is -0.121. The largest absolute Gasteiger partial charge is 0.325 e. The number of piperazine rings is 1. The molecule has 4 aromatic rings. The molecular formula is C27H27F2N5O2. The lowest BCUT2D eigenvalue weighted by Gasteiger charge is -2.41. The van der Waals surface area contributed by atoms with Crippen molar-refractivity contribution in [2.24, 2.45) is 0 Å². The number of hydrogen-bond acceptors (Lipinski definition) is 4. The number of nitrogens with zero attached hydrogens (tertiary/aromatic N) is 2. The molecule has 1 aliphatic heterocycles. The number of fused-ring (bicyclic) bond motifs is 1. The minimum absolute atomic E-state index is 0.130. The first-order valence-corrected chi connectivity index (χ1v) is 11.9. The van der Waals surface area contributed by atoms with Gasteiger partial charge < -0.3 is 15.3 Å². The van der Waals surface area contributed by atoms with Gasteiger partial charge in [-0.15, -0.1) is 0 Å². The van der Waals surface area contributed by atoms with Crippen molar-refractivity contribution in [3.05, 3.63) is 100.0 Å². The fourth-order valence-electron chi connectivity index (χ4n) is 4.81. The molecule has 1 amide bonds. The van der Waals surface area contributed by atoms with Crippen molar-refractivity contribution >= 4 is 22.6 Å². The average Bonchev–Trinajstić information content (AvgIpc) is 3.25. The van der Waals surface area contributed by atoms with Gasteiger partial charge in [-0.05, 0) is 60.5 Å². The van der Waals surface area contributed by atoms with Crippen LogP contribution in [0.5, 0.6) is 0 Å². The molecule has 1 saturated heterocycles. The lowest BCUT2D eigenvalue weighted by atomic mass is 9.96. The van der Waals surface area contributed by atoms with Crippen LogP contribution in [0, 0.1) is 11.6 Å². The van der Waals surface area contributed by atoms with E-state index in [0.29, 0.717) is 42.9 Å². The number of imidazole rings is 1. The Morgan fingerprint density at radius 2 is 1.33 bits per heavy atom. The lowest BCUT2D eigenvalue weighted by Crippen LogP contribution is -2.53. The van der Waals surface area contributed by atoms with Crippen molar-refractivity contribution in [3.8, 4) is 0 Å². The van der Waals surface area contributed by atoms with E-state index in [-0.39, 0.29) is 35.3 Å². The summed E-state index contributed by atoms with van der Waals surface area (Å²) < 4.78 is 27.1. The van der Waals surface area contributed by atoms with Gasteiger partial charge in [0.15, 0.2) is 0 Å². The molecule has 3 N–H and O–H groups in total. The van der Waals surface area contributed by atoms with Crippen molar-refractivity contribution in [3.63, 3.8) is 0 Å². The molecule has 1 aliphatic rings. The number of H-pyrrole nitrogens is 2. The molecule has 0 bridgehead atoms. The van der Waals surface area contributed by atoms with Gasteiger partial charge in [0.25, 0.3) is 0 Å². The molecular weight excluding hydrogens is 464 g/mol. The van der Waals surface area contributed by atoms with Crippen molar-refractivity contribution in [1.82, 2.24) is 19.8 Å². The predicted molar refractivity (Wildman–Crippen MR) is 135 cm³/mol. The quantitative estimate of drug-likeness (QED) is 0.382. The Kier molecular flexibility index (Phi) is 6.67. The van der Waals surface area contributed by atoms with Crippen molar-refractivity contribution < 1.29 is 13.6 Å². The highest BCUT2D eigenvalue weighted by molar-refractivity contribution is 5.96. The van der Waals surface area contributed by atoms with Gasteiger partial charge in [-0.25, -0.2) is 13.6 Å². The Morgan fingerprint density at radius 1 is 0.806 bits per heavy atom. The number of carbonyl (C=O) groups is 1. The van der Waals surface area contributed by atoms with Crippen LogP contribution in [0.25, 0.3) is 11.0 Å².